The summed E-state index contributed by atoms with van der Waals surface area (Å²) in [5.41, 5.74) is 0.675. The van der Waals surface area contributed by atoms with Crippen LogP contribution in [0.4, 0.5) is 4.39 Å². The van der Waals surface area contributed by atoms with Gasteiger partial charge in [-0.25, -0.2) is 4.39 Å². The number of carbonyl (C=O) groups is 1. The number of carbonyl (C=O) groups excluding carboxylic acids is 1. The van der Waals surface area contributed by atoms with Gasteiger partial charge >= 0.3 is 0 Å². The summed E-state index contributed by atoms with van der Waals surface area (Å²) in [6.07, 6.45) is 1.98. The molecular weight excluding hydrogens is 229 g/mol. The molecule has 0 aliphatic carbocycles. The van der Waals surface area contributed by atoms with Gasteiger partial charge in [0.15, 0.2) is 0 Å². The van der Waals surface area contributed by atoms with E-state index in [0.29, 0.717) is 0 Å². The van der Waals surface area contributed by atoms with E-state index < -0.39 is 0 Å². The minimum Gasteiger partial charge on any atom is -0.335 e. The number of amides is 1. The third kappa shape index (κ3) is 2.55. The monoisotopic (exact) mass is 249 g/mol. The molecule has 1 heterocycles. The first-order valence-corrected chi connectivity index (χ1v) is 6.46. The molecule has 0 radical (unpaired) electrons. The standard InChI is InChI=1S/C15H20FNO/c1-15(2,3)14(18)17-10-4-5-13(17)11-6-8-12(16)9-7-11/h6-9,13H,4-5,10H2,1-3H3. The zero-order valence-corrected chi connectivity index (χ0v) is 11.2. The lowest BCUT2D eigenvalue weighted by molar-refractivity contribution is -0.140. The average Bonchev–Trinajstić information content (AvgIpc) is 2.76. The Kier molecular flexibility index (Phi) is 3.42. The van der Waals surface area contributed by atoms with Crippen LogP contribution in [-0.2, 0) is 4.79 Å². The van der Waals surface area contributed by atoms with E-state index in [9.17, 15) is 9.18 Å². The zero-order chi connectivity index (χ0) is 13.3. The van der Waals surface area contributed by atoms with E-state index in [4.69, 9.17) is 0 Å². The minimum atomic E-state index is -0.359. The molecule has 1 aromatic carbocycles. The van der Waals surface area contributed by atoms with Crippen LogP contribution in [0, 0.1) is 11.2 Å². The van der Waals surface area contributed by atoms with Gasteiger partial charge in [0.25, 0.3) is 0 Å². The van der Waals surface area contributed by atoms with Crippen LogP contribution >= 0.6 is 0 Å². The van der Waals surface area contributed by atoms with Crippen molar-refractivity contribution in [3.05, 3.63) is 35.6 Å². The van der Waals surface area contributed by atoms with Crippen molar-refractivity contribution in [3.63, 3.8) is 0 Å². The highest BCUT2D eigenvalue weighted by Crippen LogP contribution is 2.35. The first-order valence-electron chi connectivity index (χ1n) is 6.46. The van der Waals surface area contributed by atoms with Gasteiger partial charge in [-0.1, -0.05) is 32.9 Å². The first-order chi connectivity index (χ1) is 8.39. The van der Waals surface area contributed by atoms with E-state index in [1.54, 1.807) is 12.1 Å². The maximum Gasteiger partial charge on any atom is 0.228 e. The molecule has 1 aliphatic heterocycles. The van der Waals surface area contributed by atoms with Gasteiger partial charge in [-0.15, -0.1) is 0 Å². The van der Waals surface area contributed by atoms with Crippen LogP contribution in [0.3, 0.4) is 0 Å². The van der Waals surface area contributed by atoms with Crippen molar-refractivity contribution in [3.8, 4) is 0 Å². The Morgan fingerprint density at radius 1 is 1.28 bits per heavy atom. The maximum atomic E-state index is 12.9. The van der Waals surface area contributed by atoms with Crippen LogP contribution in [0.15, 0.2) is 24.3 Å². The van der Waals surface area contributed by atoms with Crippen LogP contribution in [0.5, 0.6) is 0 Å². The molecule has 18 heavy (non-hydrogen) atoms. The van der Waals surface area contributed by atoms with Gasteiger partial charge < -0.3 is 4.90 Å². The van der Waals surface area contributed by atoms with Crippen LogP contribution in [0.2, 0.25) is 0 Å². The SMILES string of the molecule is CC(C)(C)C(=O)N1CCCC1c1ccc(F)cc1. The predicted molar refractivity (Wildman–Crippen MR) is 69.5 cm³/mol. The van der Waals surface area contributed by atoms with Crippen LogP contribution < -0.4 is 0 Å². The second kappa shape index (κ2) is 4.71. The fraction of sp³-hybridized carbons (Fsp3) is 0.533. The van der Waals surface area contributed by atoms with E-state index in [2.05, 4.69) is 0 Å². The number of nitrogens with zero attached hydrogens (tertiary/aromatic N) is 1. The van der Waals surface area contributed by atoms with Crippen molar-refractivity contribution < 1.29 is 9.18 Å². The molecule has 1 amide bonds. The van der Waals surface area contributed by atoms with E-state index >= 15 is 0 Å². The van der Waals surface area contributed by atoms with Gasteiger partial charge in [0.1, 0.15) is 5.82 Å². The van der Waals surface area contributed by atoms with Crippen LogP contribution in [0.25, 0.3) is 0 Å². The fourth-order valence-electron chi connectivity index (χ4n) is 2.47. The summed E-state index contributed by atoms with van der Waals surface area (Å²) in [5.74, 6) is -0.0558. The quantitative estimate of drug-likeness (QED) is 0.745. The third-order valence-corrected chi connectivity index (χ3v) is 3.41. The summed E-state index contributed by atoms with van der Waals surface area (Å²) in [4.78, 5) is 14.3. The molecule has 1 fully saturated rings. The second-order valence-electron chi connectivity index (χ2n) is 5.96. The van der Waals surface area contributed by atoms with Crippen molar-refractivity contribution in [2.24, 2.45) is 5.41 Å². The maximum absolute atomic E-state index is 12.9. The van der Waals surface area contributed by atoms with Gasteiger partial charge in [-0.2, -0.15) is 0 Å². The Hall–Kier alpha value is -1.38. The lowest BCUT2D eigenvalue weighted by atomic mass is 9.93. The molecule has 1 aromatic rings. The summed E-state index contributed by atoms with van der Waals surface area (Å²) < 4.78 is 12.9. The van der Waals surface area contributed by atoms with E-state index in [1.807, 2.05) is 25.7 Å². The lowest BCUT2D eigenvalue weighted by Crippen LogP contribution is -2.38. The second-order valence-corrected chi connectivity index (χ2v) is 5.96. The number of rotatable bonds is 1. The predicted octanol–water partition coefficient (Wildman–Crippen LogP) is 3.54. The smallest absolute Gasteiger partial charge is 0.228 e. The summed E-state index contributed by atoms with van der Waals surface area (Å²) in [5, 5.41) is 0. The molecule has 0 bridgehead atoms. The normalized spacial score (nSPS) is 20.2. The van der Waals surface area contributed by atoms with Crippen LogP contribution in [0.1, 0.15) is 45.2 Å². The molecular formula is C15H20FNO. The number of likely N-dealkylation sites (tertiary alicyclic amines) is 1. The summed E-state index contributed by atoms with van der Waals surface area (Å²) in [7, 11) is 0. The van der Waals surface area contributed by atoms with E-state index in [-0.39, 0.29) is 23.2 Å². The third-order valence-electron chi connectivity index (χ3n) is 3.41. The number of hydrogen-bond acceptors (Lipinski definition) is 1. The molecule has 1 saturated heterocycles. The molecule has 0 saturated carbocycles. The van der Waals surface area contributed by atoms with Gasteiger partial charge in [0.05, 0.1) is 6.04 Å². The molecule has 0 aromatic heterocycles. The largest absolute Gasteiger partial charge is 0.335 e. The molecule has 3 heteroatoms. The lowest BCUT2D eigenvalue weighted by Gasteiger charge is -2.31. The first kappa shape index (κ1) is 13.1. The van der Waals surface area contributed by atoms with Crippen molar-refractivity contribution in [2.75, 3.05) is 6.54 Å². The Morgan fingerprint density at radius 2 is 1.89 bits per heavy atom. The molecule has 1 atom stereocenters. The summed E-state index contributed by atoms with van der Waals surface area (Å²) in [6.45, 7) is 6.62. The van der Waals surface area contributed by atoms with Crippen LogP contribution in [-0.4, -0.2) is 17.4 Å². The fourth-order valence-corrected chi connectivity index (χ4v) is 2.47. The molecule has 2 rings (SSSR count). The topological polar surface area (TPSA) is 20.3 Å². The molecule has 0 spiro atoms. The molecule has 1 aliphatic rings. The molecule has 2 nitrogen and oxygen atoms in total. The number of hydrogen-bond donors (Lipinski definition) is 0. The highest BCUT2D eigenvalue weighted by atomic mass is 19.1. The van der Waals surface area contributed by atoms with Gasteiger partial charge in [0.2, 0.25) is 5.91 Å². The molecule has 0 N–H and O–H groups in total. The highest BCUT2D eigenvalue weighted by Gasteiger charge is 2.35. The minimum absolute atomic E-state index is 0.109. The van der Waals surface area contributed by atoms with Crippen molar-refractivity contribution in [1.82, 2.24) is 4.90 Å². The Balaban J connectivity index is 2.22. The van der Waals surface area contributed by atoms with Crippen molar-refractivity contribution in [1.29, 1.82) is 0 Å². The Bertz CT molecular complexity index is 433. The number of halogens is 1. The highest BCUT2D eigenvalue weighted by molar-refractivity contribution is 5.82. The molecule has 1 unspecified atom stereocenters. The van der Waals surface area contributed by atoms with Gasteiger partial charge in [-0.05, 0) is 30.5 Å². The summed E-state index contributed by atoms with van der Waals surface area (Å²) in [6, 6.07) is 6.61. The Labute approximate surface area is 108 Å². The van der Waals surface area contributed by atoms with Gasteiger partial charge in [0, 0.05) is 12.0 Å². The van der Waals surface area contributed by atoms with Gasteiger partial charge in [-0.3, -0.25) is 4.79 Å². The van der Waals surface area contributed by atoms with Crippen molar-refractivity contribution in [2.45, 2.75) is 39.7 Å². The average molecular weight is 249 g/mol. The summed E-state index contributed by atoms with van der Waals surface area (Å²) >= 11 is 0. The number of benzene rings is 1. The van der Waals surface area contributed by atoms with E-state index in [0.717, 1.165) is 24.9 Å². The van der Waals surface area contributed by atoms with E-state index in [1.165, 1.54) is 12.1 Å². The Morgan fingerprint density at radius 3 is 2.44 bits per heavy atom. The van der Waals surface area contributed by atoms with Crippen molar-refractivity contribution >= 4 is 5.91 Å². The molecule has 98 valence electrons. The zero-order valence-electron chi connectivity index (χ0n) is 11.2.